The molecule has 0 aliphatic rings. The van der Waals surface area contributed by atoms with Gasteiger partial charge >= 0.3 is 6.36 Å². The normalized spacial score (nSPS) is 13.0. The molecule has 43 heavy (non-hydrogen) atoms. The van der Waals surface area contributed by atoms with Gasteiger partial charge < -0.3 is 14.6 Å². The number of alkyl halides is 3. The molecule has 1 heterocycles. The van der Waals surface area contributed by atoms with Crippen molar-refractivity contribution in [2.75, 3.05) is 12.3 Å². The monoisotopic (exact) mass is 616 g/mol. The highest BCUT2D eigenvalue weighted by atomic mass is 32.2. The van der Waals surface area contributed by atoms with E-state index >= 15 is 0 Å². The van der Waals surface area contributed by atoms with E-state index in [4.69, 9.17) is 9.08 Å². The number of aromatic nitrogens is 1. The number of carbonyl (C=O) groups is 1. The lowest BCUT2D eigenvalue weighted by atomic mass is 9.83. The van der Waals surface area contributed by atoms with Crippen molar-refractivity contribution in [2.24, 2.45) is 0 Å². The van der Waals surface area contributed by atoms with Crippen molar-refractivity contribution in [2.45, 2.75) is 44.9 Å². The molecule has 1 aromatic heterocycles. The van der Waals surface area contributed by atoms with Crippen molar-refractivity contribution in [1.82, 2.24) is 10.5 Å². The molecular weight excluding hydrogens is 585 g/mol. The van der Waals surface area contributed by atoms with E-state index in [1.165, 1.54) is 24.3 Å². The van der Waals surface area contributed by atoms with Gasteiger partial charge in [0.1, 0.15) is 5.75 Å². The van der Waals surface area contributed by atoms with Crippen LogP contribution in [0.4, 0.5) is 13.2 Å². The first kappa shape index (κ1) is 31.8. The Hall–Kier alpha value is -4.16. The van der Waals surface area contributed by atoms with Gasteiger partial charge in [0.25, 0.3) is 16.0 Å². The fourth-order valence-corrected chi connectivity index (χ4v) is 4.80. The van der Waals surface area contributed by atoms with Gasteiger partial charge in [0, 0.05) is 29.7 Å². The summed E-state index contributed by atoms with van der Waals surface area (Å²) in [7, 11) is -4.19. The van der Waals surface area contributed by atoms with E-state index in [1.807, 2.05) is 12.1 Å². The van der Waals surface area contributed by atoms with E-state index in [2.05, 4.69) is 48.1 Å². The van der Waals surface area contributed by atoms with Crippen molar-refractivity contribution >= 4 is 16.0 Å². The van der Waals surface area contributed by atoms with Crippen LogP contribution >= 0.6 is 0 Å². The zero-order valence-electron chi connectivity index (χ0n) is 23.7. The number of nitrogens with one attached hydrogen (secondary N) is 1. The van der Waals surface area contributed by atoms with E-state index in [0.717, 1.165) is 16.7 Å². The molecule has 0 saturated carbocycles. The van der Waals surface area contributed by atoms with Gasteiger partial charge in [0.15, 0.2) is 5.76 Å². The molecule has 1 atom stereocenters. The maximum atomic E-state index is 12.5. The number of hydrogen-bond donors (Lipinski definition) is 2. The lowest BCUT2D eigenvalue weighted by molar-refractivity contribution is -0.274. The molecule has 1 unspecified atom stereocenters. The first-order valence-electron chi connectivity index (χ1n) is 13.3. The Morgan fingerprint density at radius 2 is 1.60 bits per heavy atom. The SMILES string of the molecule is CC(C)(C)c1ccc(C(Cc2ccc(C(=O)NCCS(=O)(=O)O)cc2)c2cc(-c3ccc(OC(F)(F)F)cc3)on2)cc1. The van der Waals surface area contributed by atoms with Gasteiger partial charge in [-0.15, -0.1) is 13.2 Å². The summed E-state index contributed by atoms with van der Waals surface area (Å²) in [5.74, 6) is -1.28. The summed E-state index contributed by atoms with van der Waals surface area (Å²) in [6, 6.07) is 22.1. The predicted octanol–water partition coefficient (Wildman–Crippen LogP) is 6.53. The average molecular weight is 617 g/mol. The molecular formula is C31H31F3N2O6S. The number of amides is 1. The van der Waals surface area contributed by atoms with Crippen LogP contribution in [-0.2, 0) is 22.0 Å². The summed E-state index contributed by atoms with van der Waals surface area (Å²) in [5, 5.41) is 6.75. The van der Waals surface area contributed by atoms with E-state index < -0.39 is 28.1 Å². The molecule has 0 fully saturated rings. The van der Waals surface area contributed by atoms with E-state index in [-0.39, 0.29) is 23.6 Å². The Balaban J connectivity index is 1.58. The first-order chi connectivity index (χ1) is 20.1. The molecule has 3 aromatic carbocycles. The minimum Gasteiger partial charge on any atom is -0.406 e. The minimum absolute atomic E-state index is 0.0468. The largest absolute Gasteiger partial charge is 0.573 e. The average Bonchev–Trinajstić information content (AvgIpc) is 3.40. The third-order valence-corrected chi connectivity index (χ3v) is 7.46. The molecule has 8 nitrogen and oxygen atoms in total. The van der Waals surface area contributed by atoms with Crippen molar-refractivity contribution in [3.63, 3.8) is 0 Å². The molecule has 0 spiro atoms. The van der Waals surface area contributed by atoms with Gasteiger partial charge in [0.05, 0.1) is 11.4 Å². The molecule has 0 bridgehead atoms. The zero-order chi connectivity index (χ0) is 31.4. The van der Waals surface area contributed by atoms with Crippen LogP contribution in [0.15, 0.2) is 83.4 Å². The van der Waals surface area contributed by atoms with Crippen molar-refractivity contribution in [3.8, 4) is 17.1 Å². The summed E-state index contributed by atoms with van der Waals surface area (Å²) in [6.45, 7) is 6.14. The summed E-state index contributed by atoms with van der Waals surface area (Å²) in [6.07, 6.45) is -4.30. The standard InChI is InChI=1S/C31H31F3N2O6S/c1-30(2,3)24-12-8-21(9-13-24)26(18-20-4-6-23(7-5-20)29(37)35-16-17-43(38,39)40)27-19-28(42-36-27)22-10-14-25(15-11-22)41-31(32,33)34/h4-15,19,26H,16-18H2,1-3H3,(H,35,37)(H,38,39,40). The molecule has 0 radical (unpaired) electrons. The second-order valence-electron chi connectivity index (χ2n) is 11.1. The Morgan fingerprint density at radius 1 is 0.977 bits per heavy atom. The van der Waals surface area contributed by atoms with Crippen LogP contribution in [0.25, 0.3) is 11.3 Å². The molecule has 228 valence electrons. The minimum atomic E-state index is -4.79. The molecule has 2 N–H and O–H groups in total. The van der Waals surface area contributed by atoms with Crippen LogP contribution in [0.3, 0.4) is 0 Å². The van der Waals surface area contributed by atoms with Gasteiger partial charge in [-0.25, -0.2) is 0 Å². The number of rotatable bonds is 10. The molecule has 0 aliphatic heterocycles. The van der Waals surface area contributed by atoms with E-state index in [0.29, 0.717) is 29.0 Å². The van der Waals surface area contributed by atoms with Gasteiger partial charge in [0.2, 0.25) is 0 Å². The van der Waals surface area contributed by atoms with Crippen molar-refractivity contribution in [3.05, 3.63) is 107 Å². The lowest BCUT2D eigenvalue weighted by Crippen LogP contribution is -2.28. The first-order valence-corrected chi connectivity index (χ1v) is 14.9. The molecule has 4 rings (SSSR count). The number of nitrogens with zero attached hydrogens (tertiary/aromatic N) is 1. The quantitative estimate of drug-likeness (QED) is 0.195. The predicted molar refractivity (Wildman–Crippen MR) is 155 cm³/mol. The van der Waals surface area contributed by atoms with Gasteiger partial charge in [-0.05, 0) is 64.9 Å². The smallest absolute Gasteiger partial charge is 0.406 e. The highest BCUT2D eigenvalue weighted by molar-refractivity contribution is 7.85. The molecule has 4 aromatic rings. The fraction of sp³-hybridized carbons (Fsp3) is 0.290. The summed E-state index contributed by atoms with van der Waals surface area (Å²) < 4.78 is 77.8. The number of hydrogen-bond acceptors (Lipinski definition) is 6. The number of benzene rings is 3. The van der Waals surface area contributed by atoms with Crippen LogP contribution < -0.4 is 10.1 Å². The zero-order valence-corrected chi connectivity index (χ0v) is 24.5. The van der Waals surface area contributed by atoms with Crippen LogP contribution in [0.1, 0.15) is 59.4 Å². The van der Waals surface area contributed by atoms with Crippen LogP contribution in [0.2, 0.25) is 0 Å². The maximum Gasteiger partial charge on any atom is 0.573 e. The van der Waals surface area contributed by atoms with Gasteiger partial charge in [-0.2, -0.15) is 8.42 Å². The van der Waals surface area contributed by atoms with Crippen molar-refractivity contribution in [1.29, 1.82) is 0 Å². The molecule has 12 heteroatoms. The van der Waals surface area contributed by atoms with E-state index in [9.17, 15) is 26.4 Å². The molecule has 0 saturated heterocycles. The van der Waals surface area contributed by atoms with Gasteiger partial charge in [-0.3, -0.25) is 9.35 Å². The lowest BCUT2D eigenvalue weighted by Gasteiger charge is -2.21. The highest BCUT2D eigenvalue weighted by Gasteiger charge is 2.31. The van der Waals surface area contributed by atoms with Crippen LogP contribution in [0, 0.1) is 0 Å². The molecule has 0 aliphatic carbocycles. The number of carbonyl (C=O) groups excluding carboxylic acids is 1. The topological polar surface area (TPSA) is 119 Å². The number of ether oxygens (including phenoxy) is 1. The summed E-state index contributed by atoms with van der Waals surface area (Å²) >= 11 is 0. The second-order valence-corrected chi connectivity index (χ2v) is 12.6. The Bertz CT molecular complexity index is 1640. The third-order valence-electron chi connectivity index (χ3n) is 6.74. The molecule has 1 amide bonds. The Kier molecular flexibility index (Phi) is 9.31. The Morgan fingerprint density at radius 3 is 2.16 bits per heavy atom. The third kappa shape index (κ3) is 9.16. The van der Waals surface area contributed by atoms with Crippen LogP contribution in [0.5, 0.6) is 5.75 Å². The van der Waals surface area contributed by atoms with Crippen molar-refractivity contribution < 1.29 is 40.2 Å². The summed E-state index contributed by atoms with van der Waals surface area (Å²) in [4.78, 5) is 12.4. The number of halogens is 3. The van der Waals surface area contributed by atoms with Crippen LogP contribution in [-0.4, -0.2) is 42.7 Å². The van der Waals surface area contributed by atoms with E-state index in [1.54, 1.807) is 30.3 Å². The maximum absolute atomic E-state index is 12.5. The second kappa shape index (κ2) is 12.6. The Labute approximate surface area is 247 Å². The highest BCUT2D eigenvalue weighted by Crippen LogP contribution is 2.34. The fourth-order valence-electron chi connectivity index (χ4n) is 4.44. The summed E-state index contributed by atoms with van der Waals surface area (Å²) in [5.41, 5.74) is 4.43. The van der Waals surface area contributed by atoms with Gasteiger partial charge in [-0.1, -0.05) is 62.3 Å².